The smallest absolute Gasteiger partial charge is 0.257 e. The van der Waals surface area contributed by atoms with Gasteiger partial charge in [0.15, 0.2) is 6.61 Å². The first-order valence-electron chi connectivity index (χ1n) is 8.10. The fraction of sp³-hybridized carbons (Fsp3) is 0.529. The summed E-state index contributed by atoms with van der Waals surface area (Å²) in [6, 6.07) is 8.06. The highest BCUT2D eigenvalue weighted by molar-refractivity contribution is 5.79. The summed E-state index contributed by atoms with van der Waals surface area (Å²) in [6.45, 7) is 2.95. The average molecular weight is 317 g/mol. The number of hydrogen-bond acceptors (Lipinski definition) is 4. The van der Waals surface area contributed by atoms with E-state index in [0.29, 0.717) is 24.9 Å². The maximum atomic E-state index is 12.2. The van der Waals surface area contributed by atoms with Crippen LogP contribution in [0.15, 0.2) is 24.3 Å². The Morgan fingerprint density at radius 3 is 3.04 bits per heavy atom. The summed E-state index contributed by atoms with van der Waals surface area (Å²) in [4.78, 5) is 27.8. The van der Waals surface area contributed by atoms with Gasteiger partial charge >= 0.3 is 0 Å². The van der Waals surface area contributed by atoms with Crippen LogP contribution < -0.4 is 10.1 Å². The Hall–Kier alpha value is -2.08. The molecule has 2 heterocycles. The van der Waals surface area contributed by atoms with Crippen molar-refractivity contribution in [1.82, 2.24) is 15.1 Å². The standard InChI is InChI=1S/C17H23N3O3/c1-18-16(21)12-23-15-7-3-2-5-13(15)9-19-10-14-6-4-8-20(14)17(22)11-19/h2-3,5,7,14H,4,6,8-12H2,1H3,(H,18,21). The van der Waals surface area contributed by atoms with Gasteiger partial charge in [-0.15, -0.1) is 0 Å². The molecule has 2 amide bonds. The van der Waals surface area contributed by atoms with Crippen molar-refractivity contribution in [3.05, 3.63) is 29.8 Å². The number of likely N-dealkylation sites (N-methyl/N-ethyl adjacent to an activating group) is 1. The van der Waals surface area contributed by atoms with Crippen molar-refractivity contribution in [2.45, 2.75) is 25.4 Å². The lowest BCUT2D eigenvalue weighted by molar-refractivity contribution is -0.137. The molecule has 2 fully saturated rings. The highest BCUT2D eigenvalue weighted by Gasteiger charge is 2.35. The molecule has 0 bridgehead atoms. The molecule has 2 aliphatic heterocycles. The van der Waals surface area contributed by atoms with Crippen LogP contribution in [-0.2, 0) is 16.1 Å². The molecule has 1 atom stereocenters. The second-order valence-corrected chi connectivity index (χ2v) is 6.12. The molecule has 2 aliphatic rings. The van der Waals surface area contributed by atoms with E-state index in [-0.39, 0.29) is 18.4 Å². The molecular formula is C17H23N3O3. The van der Waals surface area contributed by atoms with Crippen LogP contribution in [0.5, 0.6) is 5.75 Å². The van der Waals surface area contributed by atoms with Crippen LogP contribution in [0, 0.1) is 0 Å². The van der Waals surface area contributed by atoms with Gasteiger partial charge in [0, 0.05) is 38.3 Å². The van der Waals surface area contributed by atoms with E-state index in [1.807, 2.05) is 29.2 Å². The minimum absolute atomic E-state index is 0.00282. The van der Waals surface area contributed by atoms with E-state index >= 15 is 0 Å². The second kappa shape index (κ2) is 7.00. The molecular weight excluding hydrogens is 294 g/mol. The SMILES string of the molecule is CNC(=O)COc1ccccc1CN1CC(=O)N2CCCC2C1. The van der Waals surface area contributed by atoms with E-state index in [1.54, 1.807) is 7.05 Å². The molecule has 1 aromatic carbocycles. The number of hydrogen-bond donors (Lipinski definition) is 1. The van der Waals surface area contributed by atoms with Gasteiger partial charge in [-0.2, -0.15) is 0 Å². The number of carbonyl (C=O) groups excluding carboxylic acids is 2. The van der Waals surface area contributed by atoms with E-state index in [0.717, 1.165) is 31.5 Å². The molecule has 3 rings (SSSR count). The van der Waals surface area contributed by atoms with Gasteiger partial charge in [0.2, 0.25) is 5.91 Å². The molecule has 6 heteroatoms. The zero-order valence-corrected chi connectivity index (χ0v) is 13.5. The summed E-state index contributed by atoms with van der Waals surface area (Å²) >= 11 is 0. The number of piperazine rings is 1. The number of nitrogens with one attached hydrogen (secondary N) is 1. The fourth-order valence-corrected chi connectivity index (χ4v) is 3.35. The van der Waals surface area contributed by atoms with Gasteiger partial charge in [0.1, 0.15) is 5.75 Å². The largest absolute Gasteiger partial charge is 0.483 e. The molecule has 0 aliphatic carbocycles. The van der Waals surface area contributed by atoms with Crippen LogP contribution in [-0.4, -0.2) is 60.9 Å². The van der Waals surface area contributed by atoms with Gasteiger partial charge in [-0.3, -0.25) is 14.5 Å². The molecule has 2 saturated heterocycles. The molecule has 124 valence electrons. The van der Waals surface area contributed by atoms with Gasteiger partial charge < -0.3 is 15.0 Å². The number of benzene rings is 1. The topological polar surface area (TPSA) is 61.9 Å². The summed E-state index contributed by atoms with van der Waals surface area (Å²) in [6.07, 6.45) is 2.20. The maximum absolute atomic E-state index is 12.2. The number of nitrogens with zero attached hydrogens (tertiary/aromatic N) is 2. The van der Waals surface area contributed by atoms with Crippen molar-refractivity contribution in [1.29, 1.82) is 0 Å². The zero-order valence-electron chi connectivity index (χ0n) is 13.5. The molecule has 0 spiro atoms. The van der Waals surface area contributed by atoms with Crippen molar-refractivity contribution in [3.8, 4) is 5.75 Å². The lowest BCUT2D eigenvalue weighted by atomic mass is 10.1. The Balaban J connectivity index is 1.65. The molecule has 0 aromatic heterocycles. The van der Waals surface area contributed by atoms with Crippen molar-refractivity contribution in [2.75, 3.05) is 33.3 Å². The number of para-hydroxylation sites is 1. The Labute approximate surface area is 136 Å². The summed E-state index contributed by atoms with van der Waals surface area (Å²) < 4.78 is 5.61. The van der Waals surface area contributed by atoms with Gasteiger partial charge in [-0.1, -0.05) is 18.2 Å². The summed E-state index contributed by atoms with van der Waals surface area (Å²) in [5.74, 6) is 0.773. The first kappa shape index (κ1) is 15.8. The van der Waals surface area contributed by atoms with Crippen LogP contribution in [0.1, 0.15) is 18.4 Å². The Kier molecular flexibility index (Phi) is 4.81. The van der Waals surface area contributed by atoms with Crippen LogP contribution in [0.4, 0.5) is 0 Å². The lowest BCUT2D eigenvalue weighted by Crippen LogP contribution is -2.53. The first-order valence-corrected chi connectivity index (χ1v) is 8.10. The molecule has 1 unspecified atom stereocenters. The molecule has 0 radical (unpaired) electrons. The van der Waals surface area contributed by atoms with Crippen LogP contribution >= 0.6 is 0 Å². The Morgan fingerprint density at radius 2 is 2.22 bits per heavy atom. The predicted octanol–water partition coefficient (Wildman–Crippen LogP) is 0.618. The third kappa shape index (κ3) is 3.64. The van der Waals surface area contributed by atoms with Gasteiger partial charge in [-0.05, 0) is 18.9 Å². The fourth-order valence-electron chi connectivity index (χ4n) is 3.35. The van der Waals surface area contributed by atoms with E-state index in [2.05, 4.69) is 10.2 Å². The van der Waals surface area contributed by atoms with E-state index in [1.165, 1.54) is 0 Å². The van der Waals surface area contributed by atoms with Gasteiger partial charge in [0.25, 0.3) is 5.91 Å². The predicted molar refractivity (Wildman–Crippen MR) is 86.0 cm³/mol. The van der Waals surface area contributed by atoms with Gasteiger partial charge in [0.05, 0.1) is 6.54 Å². The molecule has 1 N–H and O–H groups in total. The molecule has 23 heavy (non-hydrogen) atoms. The normalized spacial score (nSPS) is 21.2. The number of rotatable bonds is 5. The third-order valence-electron chi connectivity index (χ3n) is 4.53. The number of carbonyl (C=O) groups is 2. The molecule has 6 nitrogen and oxygen atoms in total. The van der Waals surface area contributed by atoms with Crippen LogP contribution in [0.3, 0.4) is 0 Å². The maximum Gasteiger partial charge on any atom is 0.257 e. The monoisotopic (exact) mass is 317 g/mol. The minimum atomic E-state index is -0.158. The van der Waals surface area contributed by atoms with Crippen LogP contribution in [0.2, 0.25) is 0 Å². The van der Waals surface area contributed by atoms with Crippen molar-refractivity contribution in [3.63, 3.8) is 0 Å². The Morgan fingerprint density at radius 1 is 1.39 bits per heavy atom. The van der Waals surface area contributed by atoms with E-state index in [4.69, 9.17) is 4.74 Å². The number of amides is 2. The second-order valence-electron chi connectivity index (χ2n) is 6.12. The van der Waals surface area contributed by atoms with Crippen LogP contribution in [0.25, 0.3) is 0 Å². The minimum Gasteiger partial charge on any atom is -0.483 e. The summed E-state index contributed by atoms with van der Waals surface area (Å²) in [5.41, 5.74) is 1.01. The summed E-state index contributed by atoms with van der Waals surface area (Å²) in [7, 11) is 1.59. The van der Waals surface area contributed by atoms with Crippen molar-refractivity contribution < 1.29 is 14.3 Å². The van der Waals surface area contributed by atoms with Gasteiger partial charge in [-0.25, -0.2) is 0 Å². The quantitative estimate of drug-likeness (QED) is 0.865. The third-order valence-corrected chi connectivity index (χ3v) is 4.53. The summed E-state index contributed by atoms with van der Waals surface area (Å²) in [5, 5.41) is 2.54. The lowest BCUT2D eigenvalue weighted by Gasteiger charge is -2.37. The van der Waals surface area contributed by atoms with E-state index < -0.39 is 0 Å². The average Bonchev–Trinajstić information content (AvgIpc) is 3.03. The Bertz CT molecular complexity index is 590. The number of ether oxygens (including phenoxy) is 1. The zero-order chi connectivity index (χ0) is 16.2. The molecule has 0 saturated carbocycles. The van der Waals surface area contributed by atoms with Crippen molar-refractivity contribution in [2.24, 2.45) is 0 Å². The first-order chi connectivity index (χ1) is 11.2. The highest BCUT2D eigenvalue weighted by Crippen LogP contribution is 2.25. The van der Waals surface area contributed by atoms with E-state index in [9.17, 15) is 9.59 Å². The number of fused-ring (bicyclic) bond motifs is 1. The molecule has 1 aromatic rings. The van der Waals surface area contributed by atoms with Crippen molar-refractivity contribution >= 4 is 11.8 Å². The highest BCUT2D eigenvalue weighted by atomic mass is 16.5.